The fourth-order valence-electron chi connectivity index (χ4n) is 2.15. The second kappa shape index (κ2) is 4.82. The zero-order valence-corrected chi connectivity index (χ0v) is 10.6. The molecule has 0 amide bonds. The highest BCUT2D eigenvalue weighted by Crippen LogP contribution is 2.26. The lowest BCUT2D eigenvalue weighted by molar-refractivity contribution is 0.283. The summed E-state index contributed by atoms with van der Waals surface area (Å²) >= 11 is 0. The van der Waals surface area contributed by atoms with Crippen molar-refractivity contribution in [3.8, 4) is 5.75 Å². The lowest BCUT2D eigenvalue weighted by atomic mass is 10.1. The summed E-state index contributed by atoms with van der Waals surface area (Å²) in [5.41, 5.74) is 3.82. The third-order valence-corrected chi connectivity index (χ3v) is 3.01. The van der Waals surface area contributed by atoms with E-state index in [0.717, 1.165) is 33.4 Å². The van der Waals surface area contributed by atoms with Crippen LogP contribution in [-0.2, 0) is 6.61 Å². The third-order valence-electron chi connectivity index (χ3n) is 3.01. The van der Waals surface area contributed by atoms with Crippen LogP contribution in [0.4, 0.5) is 0 Å². The normalized spacial score (nSPS) is 11.1. The van der Waals surface area contributed by atoms with E-state index in [1.807, 2.05) is 43.3 Å². The number of para-hydroxylation sites is 2. The highest BCUT2D eigenvalue weighted by molar-refractivity contribution is 5.90. The summed E-state index contributed by atoms with van der Waals surface area (Å²) in [6, 6.07) is 11.3. The van der Waals surface area contributed by atoms with Gasteiger partial charge in [0.15, 0.2) is 0 Å². The van der Waals surface area contributed by atoms with Crippen molar-refractivity contribution in [1.29, 1.82) is 0 Å². The minimum absolute atomic E-state index is 0.0473. The average molecular weight is 254 g/mol. The van der Waals surface area contributed by atoms with Crippen LogP contribution in [0.3, 0.4) is 0 Å². The smallest absolute Gasteiger partial charge is 0.147 e. The van der Waals surface area contributed by atoms with Crippen molar-refractivity contribution in [2.45, 2.75) is 13.5 Å². The lowest BCUT2D eigenvalue weighted by Gasteiger charge is -2.08. The third kappa shape index (κ3) is 2.00. The molecule has 3 rings (SSSR count). The molecule has 3 aromatic rings. The summed E-state index contributed by atoms with van der Waals surface area (Å²) in [6.07, 6.45) is 0. The molecule has 2 aromatic carbocycles. The number of aliphatic hydroxyl groups excluding tert-OH is 1. The second-order valence-corrected chi connectivity index (χ2v) is 4.22. The van der Waals surface area contributed by atoms with Crippen molar-refractivity contribution in [2.24, 2.45) is 0 Å². The molecule has 0 saturated heterocycles. The fraction of sp³-hybridized carbons (Fsp3) is 0.200. The highest BCUT2D eigenvalue weighted by Gasteiger charge is 2.09. The van der Waals surface area contributed by atoms with Crippen LogP contribution in [0.5, 0.6) is 5.75 Å². The van der Waals surface area contributed by atoms with Gasteiger partial charge < -0.3 is 9.84 Å². The molecule has 0 spiro atoms. The molecular formula is C15H14N2O2. The van der Waals surface area contributed by atoms with Gasteiger partial charge in [0.25, 0.3) is 0 Å². The first-order chi connectivity index (χ1) is 9.33. The largest absolute Gasteiger partial charge is 0.492 e. The Morgan fingerprint density at radius 1 is 1.00 bits per heavy atom. The van der Waals surface area contributed by atoms with Gasteiger partial charge in [-0.1, -0.05) is 18.2 Å². The quantitative estimate of drug-likeness (QED) is 0.730. The number of aromatic nitrogens is 2. The number of hydrogen-bond acceptors (Lipinski definition) is 4. The summed E-state index contributed by atoms with van der Waals surface area (Å²) in [5.74, 6) is 0.724. The number of hydrogen-bond donors (Lipinski definition) is 1. The van der Waals surface area contributed by atoms with Crippen LogP contribution in [0.2, 0.25) is 0 Å². The number of ether oxygens (including phenoxy) is 1. The van der Waals surface area contributed by atoms with Crippen molar-refractivity contribution in [1.82, 2.24) is 9.97 Å². The van der Waals surface area contributed by atoms with Crippen molar-refractivity contribution in [3.05, 3.63) is 42.0 Å². The van der Waals surface area contributed by atoms with E-state index in [9.17, 15) is 5.11 Å². The zero-order valence-electron chi connectivity index (χ0n) is 10.6. The van der Waals surface area contributed by atoms with Gasteiger partial charge in [-0.3, -0.25) is 0 Å². The summed E-state index contributed by atoms with van der Waals surface area (Å²) in [6.45, 7) is 2.47. The molecule has 96 valence electrons. The molecule has 1 aromatic heterocycles. The first kappa shape index (κ1) is 11.9. The molecule has 0 aliphatic carbocycles. The number of nitrogens with zero attached hydrogens (tertiary/aromatic N) is 2. The zero-order chi connectivity index (χ0) is 13.2. The van der Waals surface area contributed by atoms with Crippen LogP contribution in [0.1, 0.15) is 12.5 Å². The van der Waals surface area contributed by atoms with Crippen molar-refractivity contribution in [3.63, 3.8) is 0 Å². The maximum Gasteiger partial charge on any atom is 0.147 e. The van der Waals surface area contributed by atoms with Gasteiger partial charge in [0.2, 0.25) is 0 Å². The Labute approximate surface area is 110 Å². The second-order valence-electron chi connectivity index (χ2n) is 4.22. The van der Waals surface area contributed by atoms with Crippen LogP contribution in [0.15, 0.2) is 36.4 Å². The first-order valence-electron chi connectivity index (χ1n) is 6.25. The highest BCUT2D eigenvalue weighted by atomic mass is 16.5. The van der Waals surface area contributed by atoms with E-state index < -0.39 is 0 Å². The molecule has 0 fully saturated rings. The van der Waals surface area contributed by atoms with E-state index in [0.29, 0.717) is 6.61 Å². The number of rotatable bonds is 3. The summed E-state index contributed by atoms with van der Waals surface area (Å²) in [4.78, 5) is 9.20. The molecule has 0 bridgehead atoms. The van der Waals surface area contributed by atoms with Gasteiger partial charge in [0.1, 0.15) is 11.3 Å². The van der Waals surface area contributed by atoms with Gasteiger partial charge in [-0.15, -0.1) is 0 Å². The van der Waals surface area contributed by atoms with E-state index in [1.54, 1.807) is 0 Å². The van der Waals surface area contributed by atoms with E-state index in [2.05, 4.69) is 9.97 Å². The monoisotopic (exact) mass is 254 g/mol. The molecule has 0 unspecified atom stereocenters. The topological polar surface area (TPSA) is 55.2 Å². The SMILES string of the molecule is CCOc1cccc2nc3cccc(CO)c3nc12. The predicted molar refractivity (Wildman–Crippen MR) is 74.1 cm³/mol. The van der Waals surface area contributed by atoms with E-state index in [4.69, 9.17) is 4.74 Å². The van der Waals surface area contributed by atoms with E-state index in [-0.39, 0.29) is 6.61 Å². The minimum atomic E-state index is -0.0473. The van der Waals surface area contributed by atoms with Crippen LogP contribution >= 0.6 is 0 Å². The van der Waals surface area contributed by atoms with Crippen molar-refractivity contribution in [2.75, 3.05) is 6.61 Å². The van der Waals surface area contributed by atoms with Gasteiger partial charge in [-0.25, -0.2) is 9.97 Å². The Morgan fingerprint density at radius 3 is 2.47 bits per heavy atom. The van der Waals surface area contributed by atoms with E-state index >= 15 is 0 Å². The van der Waals surface area contributed by atoms with Crippen molar-refractivity contribution < 1.29 is 9.84 Å². The minimum Gasteiger partial charge on any atom is -0.492 e. The lowest BCUT2D eigenvalue weighted by Crippen LogP contribution is -1.97. The molecule has 0 aliphatic heterocycles. The predicted octanol–water partition coefficient (Wildman–Crippen LogP) is 2.67. The van der Waals surface area contributed by atoms with Crippen LogP contribution < -0.4 is 4.74 Å². The number of aliphatic hydroxyl groups is 1. The van der Waals surface area contributed by atoms with Gasteiger partial charge >= 0.3 is 0 Å². The molecule has 4 heteroatoms. The van der Waals surface area contributed by atoms with Crippen LogP contribution in [-0.4, -0.2) is 21.7 Å². The number of benzene rings is 2. The average Bonchev–Trinajstić information content (AvgIpc) is 2.45. The Bertz CT molecular complexity index is 741. The molecular weight excluding hydrogens is 240 g/mol. The molecule has 0 saturated carbocycles. The number of fused-ring (bicyclic) bond motifs is 2. The van der Waals surface area contributed by atoms with Gasteiger partial charge in [-0.05, 0) is 25.1 Å². The summed E-state index contributed by atoms with van der Waals surface area (Å²) in [7, 11) is 0. The molecule has 0 aliphatic rings. The molecule has 1 N–H and O–H groups in total. The van der Waals surface area contributed by atoms with Gasteiger partial charge in [0, 0.05) is 5.56 Å². The maximum absolute atomic E-state index is 9.38. The van der Waals surface area contributed by atoms with Crippen LogP contribution in [0, 0.1) is 0 Å². The Balaban J connectivity index is 2.36. The molecule has 19 heavy (non-hydrogen) atoms. The molecule has 0 atom stereocenters. The fourth-order valence-corrected chi connectivity index (χ4v) is 2.15. The Morgan fingerprint density at radius 2 is 1.74 bits per heavy atom. The maximum atomic E-state index is 9.38. The Kier molecular flexibility index (Phi) is 3.01. The summed E-state index contributed by atoms with van der Waals surface area (Å²) < 4.78 is 5.58. The molecule has 0 radical (unpaired) electrons. The molecule has 1 heterocycles. The van der Waals surface area contributed by atoms with Gasteiger partial charge in [-0.2, -0.15) is 0 Å². The van der Waals surface area contributed by atoms with E-state index in [1.165, 1.54) is 0 Å². The van der Waals surface area contributed by atoms with Crippen molar-refractivity contribution >= 4 is 22.1 Å². The summed E-state index contributed by atoms with van der Waals surface area (Å²) in [5, 5.41) is 9.38. The standard InChI is InChI=1S/C15H14N2O2/c1-2-19-13-8-4-7-12-15(13)17-14-10(9-18)5-3-6-11(14)16-12/h3-8,18H,2,9H2,1H3. The first-order valence-corrected chi connectivity index (χ1v) is 6.25. The Hall–Kier alpha value is -2.20. The van der Waals surface area contributed by atoms with Gasteiger partial charge in [0.05, 0.1) is 29.8 Å². The van der Waals surface area contributed by atoms with Crippen LogP contribution in [0.25, 0.3) is 22.1 Å². The molecule has 4 nitrogen and oxygen atoms in total.